The smallest absolute Gasteiger partial charge is 0.412 e. The number of hydrogen-bond donors (Lipinski definition) is 0. The van der Waals surface area contributed by atoms with Crippen LogP contribution in [0.1, 0.15) is 20.3 Å². The maximum absolute atomic E-state index is 12.1. The Balaban J connectivity index is -0.00000108. The van der Waals surface area contributed by atoms with Crippen LogP contribution in [0.5, 0.6) is 0 Å². The summed E-state index contributed by atoms with van der Waals surface area (Å²) in [5.74, 6) is 0.172. The second-order valence-corrected chi connectivity index (χ2v) is 5.49. The zero-order valence-corrected chi connectivity index (χ0v) is 15.0. The third-order valence-electron chi connectivity index (χ3n) is 3.17. The average Bonchev–Trinajstić information content (AvgIpc) is 2.39. The van der Waals surface area contributed by atoms with Gasteiger partial charge in [-0.25, -0.2) is 0 Å². The number of amides is 1. The molecule has 1 amide bonds. The number of rotatable bonds is 6. The summed E-state index contributed by atoms with van der Waals surface area (Å²) in [6.07, 6.45) is 0.575. The molecule has 0 unspecified atom stereocenters. The van der Waals surface area contributed by atoms with Crippen LogP contribution in [0.25, 0.3) is 0 Å². The van der Waals surface area contributed by atoms with E-state index in [1.165, 1.54) is 4.40 Å². The van der Waals surface area contributed by atoms with Gasteiger partial charge in [0, 0.05) is 0 Å². The van der Waals surface area contributed by atoms with Crippen molar-refractivity contribution >= 4 is 32.5 Å². The topological polar surface area (TPSA) is 118 Å². The quantitative estimate of drug-likeness (QED) is 0.587. The summed E-state index contributed by atoms with van der Waals surface area (Å²) in [6, 6.07) is 8.04. The summed E-state index contributed by atoms with van der Waals surface area (Å²) >= 11 is 2.05. The molecule has 3 radical (unpaired) electrons. The van der Waals surface area contributed by atoms with Crippen LogP contribution in [0.4, 0.5) is 5.69 Å². The minimum absolute atomic E-state index is 0. The van der Waals surface area contributed by atoms with Gasteiger partial charge in [-0.1, -0.05) is 0 Å². The molecule has 1 rings (SSSR count). The molecule has 0 bridgehead atoms. The van der Waals surface area contributed by atoms with Crippen molar-refractivity contribution in [2.45, 2.75) is 20.3 Å². The molecule has 0 heterocycles. The molecule has 7 heteroatoms. The van der Waals surface area contributed by atoms with E-state index in [1.807, 2.05) is 47.8 Å². The first kappa shape index (κ1) is 25.1. The molecule has 0 atom stereocenters. The minimum atomic E-state index is 0. The SMILES string of the molecule is CCN(CC)CCC(=O)N(C)c1cc[c]([Ge])cc1.O.O.O. The van der Waals surface area contributed by atoms with E-state index < -0.39 is 0 Å². The van der Waals surface area contributed by atoms with E-state index >= 15 is 0 Å². The predicted molar refractivity (Wildman–Crippen MR) is 88.5 cm³/mol. The molecule has 0 saturated heterocycles. The molecule has 0 aliphatic heterocycles. The Morgan fingerprint density at radius 1 is 1.05 bits per heavy atom. The van der Waals surface area contributed by atoms with Crippen molar-refractivity contribution in [2.75, 3.05) is 31.6 Å². The normalized spacial score (nSPS) is 9.19. The van der Waals surface area contributed by atoms with Crippen molar-refractivity contribution in [1.82, 2.24) is 4.90 Å². The van der Waals surface area contributed by atoms with Crippen molar-refractivity contribution in [3.8, 4) is 0 Å². The minimum Gasteiger partial charge on any atom is -0.412 e. The number of carbonyl (C=O) groups is 1. The van der Waals surface area contributed by atoms with Gasteiger partial charge in [-0.2, -0.15) is 0 Å². The molecule has 6 nitrogen and oxygen atoms in total. The van der Waals surface area contributed by atoms with E-state index in [4.69, 9.17) is 0 Å². The van der Waals surface area contributed by atoms with Crippen molar-refractivity contribution < 1.29 is 21.2 Å². The number of carbonyl (C=O) groups excluding carboxylic acids is 1. The van der Waals surface area contributed by atoms with Gasteiger partial charge >= 0.3 is 118 Å². The van der Waals surface area contributed by atoms with Crippen LogP contribution in [-0.4, -0.2) is 70.4 Å². The largest absolute Gasteiger partial charge is 0.412 e. The third kappa shape index (κ3) is 8.18. The fraction of sp³-hybridized carbons (Fsp3) is 0.500. The number of anilines is 1. The maximum atomic E-state index is 12.1. The van der Waals surface area contributed by atoms with E-state index in [-0.39, 0.29) is 22.3 Å². The molecular formula is C14H27GeN2O4. The fourth-order valence-electron chi connectivity index (χ4n) is 1.79. The Labute approximate surface area is 135 Å². The zero-order valence-electron chi connectivity index (χ0n) is 12.9. The Bertz CT molecular complexity index is 383. The summed E-state index contributed by atoms with van der Waals surface area (Å²) < 4.78 is 1.21. The summed E-state index contributed by atoms with van der Waals surface area (Å²) in [5, 5.41) is 0. The van der Waals surface area contributed by atoms with Crippen LogP contribution in [0.3, 0.4) is 0 Å². The fourth-order valence-corrected chi connectivity index (χ4v) is 2.14. The van der Waals surface area contributed by atoms with E-state index in [0.29, 0.717) is 6.42 Å². The predicted octanol–water partition coefficient (Wildman–Crippen LogP) is -1.30. The molecule has 0 fully saturated rings. The number of benzene rings is 1. The van der Waals surface area contributed by atoms with Crippen molar-refractivity contribution in [1.29, 1.82) is 0 Å². The molecule has 6 N–H and O–H groups in total. The van der Waals surface area contributed by atoms with Crippen LogP contribution < -0.4 is 9.30 Å². The van der Waals surface area contributed by atoms with Crippen LogP contribution in [0, 0.1) is 0 Å². The first-order valence-corrected chi connectivity index (χ1v) is 7.44. The van der Waals surface area contributed by atoms with Gasteiger partial charge in [-0.05, 0) is 0 Å². The van der Waals surface area contributed by atoms with E-state index in [2.05, 4.69) is 18.7 Å². The van der Waals surface area contributed by atoms with Crippen LogP contribution in [0.15, 0.2) is 24.3 Å². The van der Waals surface area contributed by atoms with Gasteiger partial charge in [-0.3, -0.25) is 0 Å². The molecule has 1 aromatic rings. The molecular weight excluding hydrogens is 333 g/mol. The molecule has 0 saturated carbocycles. The molecule has 1 aromatic carbocycles. The first-order chi connectivity index (χ1) is 8.58. The van der Waals surface area contributed by atoms with Crippen LogP contribution in [0.2, 0.25) is 0 Å². The second-order valence-electron chi connectivity index (χ2n) is 4.28. The van der Waals surface area contributed by atoms with Gasteiger partial charge in [0.15, 0.2) is 0 Å². The molecule has 121 valence electrons. The number of nitrogens with zero attached hydrogens (tertiary/aromatic N) is 2. The Morgan fingerprint density at radius 2 is 1.52 bits per heavy atom. The summed E-state index contributed by atoms with van der Waals surface area (Å²) in [7, 11) is 1.84. The summed E-state index contributed by atoms with van der Waals surface area (Å²) in [4.78, 5) is 16.1. The second kappa shape index (κ2) is 12.8. The molecule has 21 heavy (non-hydrogen) atoms. The Hall–Kier alpha value is -0.927. The Kier molecular flexibility index (Phi) is 15.3. The van der Waals surface area contributed by atoms with Crippen LogP contribution >= 0.6 is 0 Å². The maximum Gasteiger partial charge on any atom is -0.412 e. The summed E-state index contributed by atoms with van der Waals surface area (Å²) in [5.41, 5.74) is 0.963. The van der Waals surface area contributed by atoms with E-state index in [1.54, 1.807) is 4.90 Å². The van der Waals surface area contributed by atoms with Crippen LogP contribution in [-0.2, 0) is 4.79 Å². The van der Waals surface area contributed by atoms with Gasteiger partial charge in [-0.15, -0.1) is 0 Å². The van der Waals surface area contributed by atoms with Gasteiger partial charge in [0.2, 0.25) is 0 Å². The van der Waals surface area contributed by atoms with E-state index in [0.717, 1.165) is 25.3 Å². The Morgan fingerprint density at radius 3 is 1.95 bits per heavy atom. The molecule has 0 aliphatic rings. The standard InChI is InChI=1S/C14H21GeN2O.3H2O/c1-4-17(5-2)11-10-14(18)16(3)13-8-6-12(15)7-9-13;;;/h6-9H,4-5,10-11H2,1-3H3;3*1H2. The van der Waals surface area contributed by atoms with Crippen molar-refractivity contribution in [2.24, 2.45) is 0 Å². The molecule has 0 aliphatic carbocycles. The van der Waals surface area contributed by atoms with E-state index in [9.17, 15) is 4.79 Å². The van der Waals surface area contributed by atoms with Crippen molar-refractivity contribution in [3.63, 3.8) is 0 Å². The third-order valence-corrected chi connectivity index (χ3v) is 3.86. The summed E-state index contributed by atoms with van der Waals surface area (Å²) in [6.45, 7) is 7.08. The molecule has 0 spiro atoms. The van der Waals surface area contributed by atoms with Gasteiger partial charge in [0.1, 0.15) is 0 Å². The van der Waals surface area contributed by atoms with Crippen molar-refractivity contribution in [3.05, 3.63) is 24.3 Å². The van der Waals surface area contributed by atoms with Gasteiger partial charge in [0.25, 0.3) is 0 Å². The molecule has 0 aromatic heterocycles. The van der Waals surface area contributed by atoms with Gasteiger partial charge in [0.05, 0.1) is 0 Å². The monoisotopic (exact) mass is 361 g/mol. The zero-order chi connectivity index (χ0) is 13.5. The first-order valence-electron chi connectivity index (χ1n) is 6.39. The average molecular weight is 360 g/mol. The van der Waals surface area contributed by atoms with Gasteiger partial charge < -0.3 is 16.4 Å². The number of hydrogen-bond acceptors (Lipinski definition) is 2.